The Balaban J connectivity index is 2.02. The molecule has 5 heteroatoms. The predicted octanol–water partition coefficient (Wildman–Crippen LogP) is 4.07. The summed E-state index contributed by atoms with van der Waals surface area (Å²) < 4.78 is 0.769. The number of aromatic hydroxyl groups is 1. The predicted molar refractivity (Wildman–Crippen MR) is 84.4 cm³/mol. The molecule has 0 atom stereocenters. The van der Waals surface area contributed by atoms with Crippen molar-refractivity contribution in [1.29, 1.82) is 0 Å². The lowest BCUT2D eigenvalue weighted by Crippen LogP contribution is -2.40. The van der Waals surface area contributed by atoms with Crippen LogP contribution in [0.2, 0.25) is 0 Å². The van der Waals surface area contributed by atoms with Gasteiger partial charge in [0.25, 0.3) is 5.91 Å². The van der Waals surface area contributed by atoms with E-state index in [1.54, 1.807) is 12.1 Å². The Morgan fingerprint density at radius 3 is 2.70 bits per heavy atom. The summed E-state index contributed by atoms with van der Waals surface area (Å²) in [6.07, 6.45) is 5.71. The van der Waals surface area contributed by atoms with E-state index in [1.165, 1.54) is 25.3 Å². The van der Waals surface area contributed by atoms with E-state index in [2.05, 4.69) is 21.2 Å². The van der Waals surface area contributed by atoms with E-state index in [1.807, 2.05) is 0 Å². The first-order valence-electron chi connectivity index (χ1n) is 6.89. The number of carbonyl (C=O) groups excluding carboxylic acids is 1. The molecule has 0 unspecified atom stereocenters. The molecule has 2 rings (SSSR count). The fourth-order valence-electron chi connectivity index (χ4n) is 2.71. The first kappa shape index (κ1) is 15.6. The molecule has 1 aliphatic carbocycles. The fraction of sp³-hybridized carbons (Fsp3) is 0.533. The van der Waals surface area contributed by atoms with Gasteiger partial charge in [-0.15, -0.1) is 11.6 Å². The summed E-state index contributed by atoms with van der Waals surface area (Å²) in [5, 5.41) is 12.7. The first-order chi connectivity index (χ1) is 9.56. The number of alkyl halides is 1. The standard InChI is InChI=1S/C15H19BrClNO2/c16-11-4-5-13(19)12(8-11)14(20)18-10-15(9-17)6-2-1-3-7-15/h4-5,8,19H,1-3,6-7,9-10H2,(H,18,20). The average Bonchev–Trinajstić information content (AvgIpc) is 2.48. The summed E-state index contributed by atoms with van der Waals surface area (Å²) in [6.45, 7) is 0.571. The normalized spacial score (nSPS) is 17.7. The monoisotopic (exact) mass is 359 g/mol. The number of hydrogen-bond acceptors (Lipinski definition) is 2. The van der Waals surface area contributed by atoms with E-state index >= 15 is 0 Å². The molecular formula is C15H19BrClNO2. The van der Waals surface area contributed by atoms with Gasteiger partial charge in [0.15, 0.2) is 0 Å². The third kappa shape index (κ3) is 3.67. The molecule has 0 bridgehead atoms. The molecule has 2 N–H and O–H groups in total. The van der Waals surface area contributed by atoms with Crippen LogP contribution in [0, 0.1) is 5.41 Å². The highest BCUT2D eigenvalue weighted by Crippen LogP contribution is 2.36. The molecule has 1 amide bonds. The lowest BCUT2D eigenvalue weighted by molar-refractivity contribution is 0.0918. The van der Waals surface area contributed by atoms with Gasteiger partial charge in [0.1, 0.15) is 5.75 Å². The molecule has 0 heterocycles. The molecule has 0 aromatic heterocycles. The molecule has 0 aliphatic heterocycles. The Hall–Kier alpha value is -0.740. The molecule has 1 saturated carbocycles. The van der Waals surface area contributed by atoms with Gasteiger partial charge in [-0.05, 0) is 31.0 Å². The van der Waals surface area contributed by atoms with Crippen molar-refractivity contribution in [2.45, 2.75) is 32.1 Å². The molecule has 3 nitrogen and oxygen atoms in total. The summed E-state index contributed by atoms with van der Waals surface area (Å²) in [4.78, 5) is 12.2. The van der Waals surface area contributed by atoms with Crippen LogP contribution in [0.15, 0.2) is 22.7 Å². The van der Waals surface area contributed by atoms with Crippen molar-refractivity contribution < 1.29 is 9.90 Å². The topological polar surface area (TPSA) is 49.3 Å². The summed E-state index contributed by atoms with van der Waals surface area (Å²) in [5.41, 5.74) is 0.303. The number of halogens is 2. The lowest BCUT2D eigenvalue weighted by Gasteiger charge is -2.35. The van der Waals surface area contributed by atoms with Crippen molar-refractivity contribution in [2.75, 3.05) is 12.4 Å². The van der Waals surface area contributed by atoms with Crippen molar-refractivity contribution in [3.63, 3.8) is 0 Å². The van der Waals surface area contributed by atoms with Gasteiger partial charge in [-0.25, -0.2) is 0 Å². The second-order valence-electron chi connectivity index (χ2n) is 5.54. The van der Waals surface area contributed by atoms with Crippen LogP contribution >= 0.6 is 27.5 Å². The van der Waals surface area contributed by atoms with E-state index in [9.17, 15) is 9.90 Å². The van der Waals surface area contributed by atoms with E-state index in [4.69, 9.17) is 11.6 Å². The zero-order chi connectivity index (χ0) is 14.6. The third-order valence-corrected chi connectivity index (χ3v) is 5.09. The Bertz CT molecular complexity index is 487. The maximum absolute atomic E-state index is 12.2. The van der Waals surface area contributed by atoms with Crippen LogP contribution in [0.25, 0.3) is 0 Å². The Kier molecular flexibility index (Phi) is 5.33. The van der Waals surface area contributed by atoms with Gasteiger partial charge in [-0.3, -0.25) is 4.79 Å². The molecule has 0 radical (unpaired) electrons. The van der Waals surface area contributed by atoms with Gasteiger partial charge in [-0.2, -0.15) is 0 Å². The second-order valence-corrected chi connectivity index (χ2v) is 6.72. The van der Waals surface area contributed by atoms with Gasteiger partial charge in [0.2, 0.25) is 0 Å². The number of benzene rings is 1. The van der Waals surface area contributed by atoms with Gasteiger partial charge >= 0.3 is 0 Å². The van der Waals surface area contributed by atoms with Crippen molar-refractivity contribution >= 4 is 33.4 Å². The Morgan fingerprint density at radius 1 is 1.35 bits per heavy atom. The number of hydrogen-bond donors (Lipinski definition) is 2. The Morgan fingerprint density at radius 2 is 2.05 bits per heavy atom. The molecular weight excluding hydrogens is 342 g/mol. The van der Waals surface area contributed by atoms with Crippen LogP contribution in [0.3, 0.4) is 0 Å². The number of nitrogens with one attached hydrogen (secondary N) is 1. The summed E-state index contributed by atoms with van der Waals surface area (Å²) in [6, 6.07) is 4.84. The zero-order valence-corrected chi connectivity index (χ0v) is 13.6. The summed E-state index contributed by atoms with van der Waals surface area (Å²) >= 11 is 9.42. The summed E-state index contributed by atoms with van der Waals surface area (Å²) in [5.74, 6) is 0.311. The van der Waals surface area contributed by atoms with E-state index in [0.29, 0.717) is 18.0 Å². The molecule has 1 aliphatic rings. The van der Waals surface area contributed by atoms with Crippen LogP contribution in [-0.4, -0.2) is 23.4 Å². The largest absolute Gasteiger partial charge is 0.507 e. The van der Waals surface area contributed by atoms with Crippen LogP contribution in [0.4, 0.5) is 0 Å². The number of phenolic OH excluding ortho intramolecular Hbond substituents is 1. The molecule has 0 saturated heterocycles. The fourth-order valence-corrected chi connectivity index (χ4v) is 3.44. The van der Waals surface area contributed by atoms with Crippen LogP contribution in [-0.2, 0) is 0 Å². The maximum Gasteiger partial charge on any atom is 0.255 e. The Labute approximate surface area is 132 Å². The maximum atomic E-state index is 12.2. The number of carbonyl (C=O) groups is 1. The van der Waals surface area contributed by atoms with Gasteiger partial charge in [0, 0.05) is 22.3 Å². The minimum Gasteiger partial charge on any atom is -0.507 e. The highest BCUT2D eigenvalue weighted by molar-refractivity contribution is 9.10. The van der Waals surface area contributed by atoms with Crippen molar-refractivity contribution in [2.24, 2.45) is 5.41 Å². The lowest BCUT2D eigenvalue weighted by atomic mass is 9.75. The van der Waals surface area contributed by atoms with E-state index in [-0.39, 0.29) is 17.1 Å². The second kappa shape index (κ2) is 6.81. The number of phenols is 1. The quantitative estimate of drug-likeness (QED) is 0.795. The van der Waals surface area contributed by atoms with Crippen molar-refractivity contribution in [3.05, 3.63) is 28.2 Å². The minimum atomic E-state index is -0.251. The van der Waals surface area contributed by atoms with E-state index < -0.39 is 0 Å². The van der Waals surface area contributed by atoms with Gasteiger partial charge in [-0.1, -0.05) is 35.2 Å². The molecule has 1 aromatic rings. The highest BCUT2D eigenvalue weighted by atomic mass is 79.9. The highest BCUT2D eigenvalue weighted by Gasteiger charge is 2.31. The van der Waals surface area contributed by atoms with Gasteiger partial charge in [0.05, 0.1) is 5.56 Å². The van der Waals surface area contributed by atoms with Crippen LogP contribution < -0.4 is 5.32 Å². The zero-order valence-electron chi connectivity index (χ0n) is 11.3. The van der Waals surface area contributed by atoms with Crippen LogP contribution in [0.5, 0.6) is 5.75 Å². The van der Waals surface area contributed by atoms with Crippen LogP contribution in [0.1, 0.15) is 42.5 Å². The average molecular weight is 361 g/mol. The first-order valence-corrected chi connectivity index (χ1v) is 8.22. The van der Waals surface area contributed by atoms with Crippen molar-refractivity contribution in [3.8, 4) is 5.75 Å². The van der Waals surface area contributed by atoms with E-state index in [0.717, 1.165) is 17.3 Å². The molecule has 1 aromatic carbocycles. The molecule has 110 valence electrons. The van der Waals surface area contributed by atoms with Gasteiger partial charge < -0.3 is 10.4 Å². The SMILES string of the molecule is O=C(NCC1(CCl)CCCCC1)c1cc(Br)ccc1O. The molecule has 1 fully saturated rings. The minimum absolute atomic E-state index is 0.00531. The summed E-state index contributed by atoms with van der Waals surface area (Å²) in [7, 11) is 0. The smallest absolute Gasteiger partial charge is 0.255 e. The number of amides is 1. The number of rotatable bonds is 4. The molecule has 20 heavy (non-hydrogen) atoms. The molecule has 0 spiro atoms. The van der Waals surface area contributed by atoms with Crippen molar-refractivity contribution in [1.82, 2.24) is 5.32 Å². The third-order valence-electron chi connectivity index (χ3n) is 4.02.